The number of hydrogen-bond acceptors (Lipinski definition) is 2. The highest BCUT2D eigenvalue weighted by Gasteiger charge is 2.51. The van der Waals surface area contributed by atoms with Crippen LogP contribution in [0.3, 0.4) is 0 Å². The van der Waals surface area contributed by atoms with Crippen molar-refractivity contribution in [2.24, 2.45) is 10.8 Å². The maximum atomic E-state index is 13.3. The van der Waals surface area contributed by atoms with Crippen molar-refractivity contribution in [2.45, 2.75) is 46.1 Å². The largest absolute Gasteiger partial charge is 0.350 e. The van der Waals surface area contributed by atoms with Crippen molar-refractivity contribution in [3.63, 3.8) is 0 Å². The van der Waals surface area contributed by atoms with Gasteiger partial charge in [-0.15, -0.1) is 0 Å². The highest BCUT2D eigenvalue weighted by molar-refractivity contribution is 6.02. The highest BCUT2D eigenvalue weighted by atomic mass is 16.2. The van der Waals surface area contributed by atoms with Gasteiger partial charge in [-0.2, -0.15) is 0 Å². The molecule has 4 heteroatoms. The number of carbonyl (C=O) groups excluding carboxylic acids is 2. The second-order valence-electron chi connectivity index (χ2n) is 10.8. The summed E-state index contributed by atoms with van der Waals surface area (Å²) in [5.74, 6) is 0.144. The van der Waals surface area contributed by atoms with E-state index in [0.29, 0.717) is 17.2 Å². The van der Waals surface area contributed by atoms with Crippen molar-refractivity contribution in [3.8, 4) is 0 Å². The molecular weight excluding hydrogens is 372 g/mol. The second kappa shape index (κ2) is 7.05. The van der Waals surface area contributed by atoms with E-state index in [9.17, 15) is 9.59 Å². The highest BCUT2D eigenvalue weighted by Crippen LogP contribution is 2.52. The molecule has 0 N–H and O–H groups in total. The van der Waals surface area contributed by atoms with Gasteiger partial charge < -0.3 is 4.90 Å². The van der Waals surface area contributed by atoms with Gasteiger partial charge >= 0.3 is 5.91 Å². The number of rotatable bonds is 3. The zero-order valence-electron chi connectivity index (χ0n) is 18.8. The Kier molecular flexibility index (Phi) is 4.89. The lowest BCUT2D eigenvalue weighted by Crippen LogP contribution is -2.46. The van der Waals surface area contributed by atoms with E-state index in [1.165, 1.54) is 6.42 Å². The zero-order valence-corrected chi connectivity index (χ0v) is 18.8. The van der Waals surface area contributed by atoms with Gasteiger partial charge in [-0.3, -0.25) is 4.79 Å². The van der Waals surface area contributed by atoms with Crippen LogP contribution in [0, 0.1) is 10.8 Å². The normalized spacial score (nSPS) is 25.2. The Morgan fingerprint density at radius 2 is 1.53 bits per heavy atom. The third-order valence-electron chi connectivity index (χ3n) is 6.96. The molecule has 2 bridgehead atoms. The molecule has 4 nitrogen and oxygen atoms in total. The lowest BCUT2D eigenvalue weighted by molar-refractivity contribution is 0.0708. The minimum Gasteiger partial charge on any atom is -0.335 e. The first-order chi connectivity index (χ1) is 14.0. The summed E-state index contributed by atoms with van der Waals surface area (Å²) < 4.78 is 0.108. The molecule has 2 aromatic carbocycles. The summed E-state index contributed by atoms with van der Waals surface area (Å²) in [5.41, 5.74) is 2.77. The van der Waals surface area contributed by atoms with E-state index < -0.39 is 0 Å². The molecule has 1 aliphatic heterocycles. The number of benzene rings is 2. The van der Waals surface area contributed by atoms with Gasteiger partial charge in [-0.1, -0.05) is 39.0 Å². The molecule has 2 aromatic rings. The van der Waals surface area contributed by atoms with Crippen molar-refractivity contribution in [3.05, 3.63) is 65.7 Å². The number of hydrogen-bond donors (Lipinski definition) is 0. The Labute approximate surface area is 180 Å². The molecule has 2 atom stereocenters. The molecule has 1 saturated carbocycles. The summed E-state index contributed by atoms with van der Waals surface area (Å²) in [6.45, 7) is 7.82. The van der Waals surface area contributed by atoms with Crippen LogP contribution in [0.5, 0.6) is 0 Å². The van der Waals surface area contributed by atoms with E-state index in [-0.39, 0.29) is 27.1 Å². The lowest BCUT2D eigenvalue weighted by atomic mass is 9.65. The first-order valence-electron chi connectivity index (χ1n) is 10.9. The van der Waals surface area contributed by atoms with E-state index in [1.54, 1.807) is 0 Å². The summed E-state index contributed by atoms with van der Waals surface area (Å²) in [5, 5.41) is 0. The molecule has 2 aliphatic rings. The van der Waals surface area contributed by atoms with Crippen LogP contribution in [0.25, 0.3) is 0 Å². The van der Waals surface area contributed by atoms with Crippen LogP contribution in [-0.2, 0) is 0 Å². The number of fused-ring (bicyclic) bond motifs is 2. The van der Waals surface area contributed by atoms with Gasteiger partial charge in [-0.05, 0) is 54.4 Å². The molecule has 1 aliphatic carbocycles. The van der Waals surface area contributed by atoms with Crippen molar-refractivity contribution in [1.29, 1.82) is 0 Å². The zero-order chi connectivity index (χ0) is 21.7. The summed E-state index contributed by atoms with van der Waals surface area (Å²) in [6.07, 6.45) is 3.35. The molecule has 0 aromatic heterocycles. The monoisotopic (exact) mass is 405 g/mol. The van der Waals surface area contributed by atoms with E-state index in [0.717, 1.165) is 25.1 Å². The van der Waals surface area contributed by atoms with E-state index >= 15 is 0 Å². The minimum absolute atomic E-state index is 0.0261. The standard InChI is InChI=1S/C26H33N2O2/c1-25(2)15-21-16-26(3,17-25)18-27(21)23(29)19-11-13-22(14-12-19)28(4,5)24(30)20-9-7-6-8-10-20/h6-14,21H,15-18H2,1-5H3/q+1. The van der Waals surface area contributed by atoms with Crippen LogP contribution in [0.15, 0.2) is 54.6 Å². The van der Waals surface area contributed by atoms with Gasteiger partial charge in [-0.25, -0.2) is 9.28 Å². The topological polar surface area (TPSA) is 37.4 Å². The Bertz CT molecular complexity index is 962. The average Bonchev–Trinajstić information content (AvgIpc) is 2.96. The van der Waals surface area contributed by atoms with Gasteiger partial charge in [0, 0.05) is 30.3 Å². The van der Waals surface area contributed by atoms with Crippen molar-refractivity contribution in [2.75, 3.05) is 20.6 Å². The molecule has 2 amide bonds. The average molecular weight is 406 g/mol. The summed E-state index contributed by atoms with van der Waals surface area (Å²) in [4.78, 5) is 28.4. The van der Waals surface area contributed by atoms with Crippen LogP contribution in [0.2, 0.25) is 0 Å². The van der Waals surface area contributed by atoms with Crippen molar-refractivity contribution in [1.82, 2.24) is 9.38 Å². The third-order valence-corrected chi connectivity index (χ3v) is 6.96. The molecule has 2 fully saturated rings. The van der Waals surface area contributed by atoms with Gasteiger partial charge in [0.05, 0.1) is 19.7 Å². The van der Waals surface area contributed by atoms with Crippen molar-refractivity contribution >= 4 is 17.5 Å². The van der Waals surface area contributed by atoms with Gasteiger partial charge in [0.2, 0.25) is 0 Å². The molecule has 1 saturated heterocycles. The minimum atomic E-state index is 0.0261. The quantitative estimate of drug-likeness (QED) is 0.664. The predicted octanol–water partition coefficient (Wildman–Crippen LogP) is 5.13. The van der Waals surface area contributed by atoms with E-state index in [1.807, 2.05) is 68.7 Å². The molecule has 1 heterocycles. The Balaban J connectivity index is 1.54. The summed E-state index contributed by atoms with van der Waals surface area (Å²) in [6, 6.07) is 17.3. The maximum Gasteiger partial charge on any atom is 0.350 e. The predicted molar refractivity (Wildman–Crippen MR) is 121 cm³/mol. The molecule has 0 spiro atoms. The fourth-order valence-electron chi connectivity index (χ4n) is 5.86. The SMILES string of the molecule is CC1(C)CC2CC(C)(CN2C(=O)c2ccc([N+](C)(C)C(=O)c3ccccc3)cc2)C1. The number of carbonyl (C=O) groups is 2. The van der Waals surface area contributed by atoms with Crippen LogP contribution in [0.1, 0.15) is 60.7 Å². The number of amides is 2. The van der Waals surface area contributed by atoms with Gasteiger partial charge in [0.25, 0.3) is 5.91 Å². The molecule has 158 valence electrons. The third kappa shape index (κ3) is 3.69. The van der Waals surface area contributed by atoms with Crippen LogP contribution in [0.4, 0.5) is 5.69 Å². The Hall–Kier alpha value is -2.46. The molecule has 30 heavy (non-hydrogen) atoms. The van der Waals surface area contributed by atoms with Crippen molar-refractivity contribution < 1.29 is 9.59 Å². The van der Waals surface area contributed by atoms with Gasteiger partial charge in [0.1, 0.15) is 5.69 Å². The second-order valence-corrected chi connectivity index (χ2v) is 10.8. The summed E-state index contributed by atoms with van der Waals surface area (Å²) >= 11 is 0. The number of nitrogens with zero attached hydrogens (tertiary/aromatic N) is 2. The maximum absolute atomic E-state index is 13.3. The van der Waals surface area contributed by atoms with E-state index in [2.05, 4.69) is 25.7 Å². The fraction of sp³-hybridized carbons (Fsp3) is 0.462. The molecule has 4 rings (SSSR count). The first-order valence-corrected chi connectivity index (χ1v) is 10.9. The van der Waals surface area contributed by atoms with Gasteiger partial charge in [0.15, 0.2) is 0 Å². The summed E-state index contributed by atoms with van der Waals surface area (Å²) in [7, 11) is 3.78. The number of quaternary nitrogens is 1. The lowest BCUT2D eigenvalue weighted by Gasteiger charge is -2.39. The van der Waals surface area contributed by atoms with Crippen LogP contribution in [-0.4, -0.2) is 43.4 Å². The smallest absolute Gasteiger partial charge is 0.335 e. The fourth-order valence-corrected chi connectivity index (χ4v) is 5.86. The Morgan fingerprint density at radius 3 is 2.17 bits per heavy atom. The number of likely N-dealkylation sites (tertiary alicyclic amines) is 1. The van der Waals surface area contributed by atoms with Crippen LogP contribution < -0.4 is 4.48 Å². The van der Waals surface area contributed by atoms with Crippen LogP contribution >= 0.6 is 0 Å². The Morgan fingerprint density at radius 1 is 0.900 bits per heavy atom. The molecular formula is C26H33N2O2+. The van der Waals surface area contributed by atoms with E-state index in [4.69, 9.17) is 0 Å². The first kappa shape index (κ1) is 20.8. The molecule has 2 unspecified atom stereocenters. The molecule has 0 radical (unpaired) electrons.